The first-order valence-corrected chi connectivity index (χ1v) is 11.1. The van der Waals surface area contributed by atoms with Crippen molar-refractivity contribution in [2.45, 2.75) is 108 Å². The second-order valence-corrected chi connectivity index (χ2v) is 8.33. The van der Waals surface area contributed by atoms with Crippen LogP contribution in [0, 0.1) is 0 Å². The third-order valence-corrected chi connectivity index (χ3v) is 5.61. The van der Waals surface area contributed by atoms with Crippen molar-refractivity contribution in [2.75, 3.05) is 0 Å². The van der Waals surface area contributed by atoms with Gasteiger partial charge in [-0.1, -0.05) is 96.8 Å². The van der Waals surface area contributed by atoms with Gasteiger partial charge in [0.25, 0.3) is 10.1 Å². The molecule has 5 nitrogen and oxygen atoms in total. The molecule has 0 aromatic rings. The third kappa shape index (κ3) is 17.5. The van der Waals surface area contributed by atoms with Crippen molar-refractivity contribution in [3.8, 4) is 0 Å². The van der Waals surface area contributed by atoms with Crippen LogP contribution in [-0.4, -0.2) is 58.9 Å². The molecule has 0 fully saturated rings. The Bertz CT molecular complexity index is 412. The summed E-state index contributed by atoms with van der Waals surface area (Å²) in [6, 6.07) is 0. The monoisotopic (exact) mass is 387 g/mol. The zero-order chi connectivity index (χ0) is 18.3. The number of carboxylic acids is 1. The fraction of sp³-hybridized carbons (Fsp3) is 0.944. The zero-order valence-electron chi connectivity index (χ0n) is 16.2. The van der Waals surface area contributed by atoms with Crippen LogP contribution in [0.1, 0.15) is 103 Å². The molecule has 25 heavy (non-hydrogen) atoms. The van der Waals surface area contributed by atoms with E-state index in [1.807, 2.05) is 0 Å². The largest absolute Gasteiger partial charge is 0.480 e. The maximum Gasteiger partial charge on any atom is 0.324 e. The Hall–Kier alpha value is 0.380. The number of unbranched alkanes of at least 4 members (excludes halogenated alkanes) is 13. The fourth-order valence-corrected chi connectivity index (χ4v) is 3.64. The second kappa shape index (κ2) is 17.8. The number of hydrogen-bond donors (Lipinski definition) is 2. The Morgan fingerprint density at radius 1 is 0.760 bits per heavy atom. The molecular weight excluding hydrogens is 351 g/mol. The molecule has 0 aromatic carbocycles. The number of rotatable bonds is 17. The average molecular weight is 388 g/mol. The molecule has 0 aliphatic heterocycles. The standard InChI is InChI=1S/C18H36O5S.Na/c1-2-3-4-5-6-7-8-9-10-11-12-13-14-15-16-17(18(19)20)24(21,22)23;/h17H,2-16H2,1H3,(H,19,20)(H,21,22,23);. The molecule has 0 amide bonds. The SMILES string of the molecule is CCCCCCCCCCCCCCCCC(C(=O)O)S(=O)(=O)O.[Na]. The van der Waals surface area contributed by atoms with Gasteiger partial charge >= 0.3 is 5.97 Å². The summed E-state index contributed by atoms with van der Waals surface area (Å²) in [5.41, 5.74) is 0. The minimum atomic E-state index is -4.48. The molecule has 0 aromatic heterocycles. The van der Waals surface area contributed by atoms with E-state index >= 15 is 0 Å². The predicted octanol–water partition coefficient (Wildman–Crippen LogP) is 4.82. The molecule has 0 bridgehead atoms. The van der Waals surface area contributed by atoms with Crippen molar-refractivity contribution in [3.05, 3.63) is 0 Å². The molecule has 1 atom stereocenters. The predicted molar refractivity (Wildman–Crippen MR) is 104 cm³/mol. The van der Waals surface area contributed by atoms with E-state index in [-0.39, 0.29) is 36.0 Å². The molecule has 145 valence electrons. The summed E-state index contributed by atoms with van der Waals surface area (Å²) in [5.74, 6) is -1.47. The molecule has 7 heteroatoms. The first-order valence-electron chi connectivity index (χ1n) is 9.58. The van der Waals surface area contributed by atoms with Gasteiger partial charge in [0.05, 0.1) is 0 Å². The van der Waals surface area contributed by atoms with E-state index in [4.69, 9.17) is 9.66 Å². The van der Waals surface area contributed by atoms with Gasteiger partial charge in [-0.25, -0.2) is 0 Å². The average Bonchev–Trinajstić information content (AvgIpc) is 2.49. The number of carbonyl (C=O) groups is 1. The smallest absolute Gasteiger partial charge is 0.324 e. The molecule has 0 spiro atoms. The van der Waals surface area contributed by atoms with Crippen LogP contribution in [0.5, 0.6) is 0 Å². The van der Waals surface area contributed by atoms with Crippen LogP contribution >= 0.6 is 0 Å². The quantitative estimate of drug-likeness (QED) is 0.212. The van der Waals surface area contributed by atoms with Crippen LogP contribution in [0.15, 0.2) is 0 Å². The molecule has 0 rings (SSSR count). The Kier molecular flexibility index (Phi) is 19.6. The van der Waals surface area contributed by atoms with E-state index in [0.717, 1.165) is 19.3 Å². The Morgan fingerprint density at radius 2 is 1.08 bits per heavy atom. The third-order valence-electron chi connectivity index (χ3n) is 4.45. The van der Waals surface area contributed by atoms with E-state index in [2.05, 4.69) is 6.92 Å². The Balaban J connectivity index is 0. The first-order chi connectivity index (χ1) is 11.4. The first kappa shape index (κ1) is 27.6. The summed E-state index contributed by atoms with van der Waals surface area (Å²) < 4.78 is 30.7. The van der Waals surface area contributed by atoms with Crippen LogP contribution in [0.25, 0.3) is 0 Å². The van der Waals surface area contributed by atoms with Crippen LogP contribution < -0.4 is 0 Å². The van der Waals surface area contributed by atoms with Crippen molar-refractivity contribution < 1.29 is 22.9 Å². The van der Waals surface area contributed by atoms with E-state index in [1.165, 1.54) is 64.2 Å². The van der Waals surface area contributed by atoms with Gasteiger partial charge in [0.15, 0.2) is 5.25 Å². The molecule has 0 aliphatic carbocycles. The summed E-state index contributed by atoms with van der Waals surface area (Å²) in [5, 5.41) is 7.10. The Morgan fingerprint density at radius 3 is 1.36 bits per heavy atom. The summed E-state index contributed by atoms with van der Waals surface area (Å²) >= 11 is 0. The van der Waals surface area contributed by atoms with Gasteiger partial charge in [0.2, 0.25) is 0 Å². The molecule has 0 heterocycles. The van der Waals surface area contributed by atoms with Gasteiger partial charge in [-0.2, -0.15) is 8.42 Å². The van der Waals surface area contributed by atoms with Crippen molar-refractivity contribution in [3.63, 3.8) is 0 Å². The van der Waals surface area contributed by atoms with E-state index < -0.39 is 21.3 Å². The maximum atomic E-state index is 10.9. The van der Waals surface area contributed by atoms with Crippen LogP contribution in [-0.2, 0) is 14.9 Å². The van der Waals surface area contributed by atoms with E-state index in [0.29, 0.717) is 6.42 Å². The van der Waals surface area contributed by atoms with Crippen molar-refractivity contribution in [1.29, 1.82) is 0 Å². The van der Waals surface area contributed by atoms with Crippen LogP contribution in [0.2, 0.25) is 0 Å². The second-order valence-electron chi connectivity index (χ2n) is 6.73. The van der Waals surface area contributed by atoms with Gasteiger partial charge in [0, 0.05) is 29.6 Å². The molecule has 0 saturated heterocycles. The zero-order valence-corrected chi connectivity index (χ0v) is 19.0. The normalized spacial score (nSPS) is 12.6. The molecule has 0 saturated carbocycles. The van der Waals surface area contributed by atoms with Crippen molar-refractivity contribution in [2.24, 2.45) is 0 Å². The summed E-state index contributed by atoms with van der Waals surface area (Å²) in [4.78, 5) is 10.8. The van der Waals surface area contributed by atoms with Crippen LogP contribution in [0.4, 0.5) is 0 Å². The number of hydrogen-bond acceptors (Lipinski definition) is 3. The summed E-state index contributed by atoms with van der Waals surface area (Å²) in [7, 11) is -4.48. The van der Waals surface area contributed by atoms with E-state index in [9.17, 15) is 13.2 Å². The summed E-state index contributed by atoms with van der Waals surface area (Å²) in [6.45, 7) is 2.24. The molecule has 2 N–H and O–H groups in total. The molecular formula is C18H36NaO5S. The van der Waals surface area contributed by atoms with Gasteiger partial charge in [-0.05, 0) is 6.42 Å². The van der Waals surface area contributed by atoms with Crippen molar-refractivity contribution >= 4 is 45.6 Å². The summed E-state index contributed by atoms with van der Waals surface area (Å²) in [6.07, 6.45) is 16.6. The minimum Gasteiger partial charge on any atom is -0.480 e. The number of carboxylic acid groups (broad SMARTS) is 1. The topological polar surface area (TPSA) is 91.7 Å². The van der Waals surface area contributed by atoms with E-state index in [1.54, 1.807) is 0 Å². The molecule has 0 aliphatic rings. The minimum absolute atomic E-state index is 0. The van der Waals surface area contributed by atoms with Gasteiger partial charge in [-0.3, -0.25) is 9.35 Å². The van der Waals surface area contributed by atoms with Gasteiger partial charge in [-0.15, -0.1) is 0 Å². The van der Waals surface area contributed by atoms with Crippen LogP contribution in [0.3, 0.4) is 0 Å². The van der Waals surface area contributed by atoms with Gasteiger partial charge in [0.1, 0.15) is 0 Å². The maximum absolute atomic E-state index is 10.9. The number of aliphatic carboxylic acids is 1. The molecule has 1 radical (unpaired) electrons. The van der Waals surface area contributed by atoms with Gasteiger partial charge < -0.3 is 5.11 Å². The van der Waals surface area contributed by atoms with Crippen molar-refractivity contribution in [1.82, 2.24) is 0 Å². The fourth-order valence-electron chi connectivity index (χ4n) is 2.92. The molecule has 1 unspecified atom stereocenters. The Labute approximate surface area is 176 Å².